The van der Waals surface area contributed by atoms with Crippen LogP contribution in [-0.2, 0) is 0 Å². The molecule has 7 nitrogen and oxygen atoms in total. The highest BCUT2D eigenvalue weighted by Gasteiger charge is 2.27. The summed E-state index contributed by atoms with van der Waals surface area (Å²) in [6.45, 7) is 0.946. The minimum absolute atomic E-state index is 0.110. The molecule has 2 amide bonds. The molecule has 0 atom stereocenters. The first-order valence-corrected chi connectivity index (χ1v) is 8.52. The summed E-state index contributed by atoms with van der Waals surface area (Å²) < 4.78 is 13.9. The third kappa shape index (κ3) is 4.06. The van der Waals surface area contributed by atoms with Gasteiger partial charge in [-0.05, 0) is 24.3 Å². The van der Waals surface area contributed by atoms with Crippen LogP contribution in [0.5, 0.6) is 0 Å². The van der Waals surface area contributed by atoms with E-state index in [9.17, 15) is 24.1 Å². The van der Waals surface area contributed by atoms with Crippen LogP contribution in [0.15, 0.2) is 42.5 Å². The first-order chi connectivity index (χ1) is 12.9. The third-order valence-electron chi connectivity index (χ3n) is 4.32. The predicted molar refractivity (Wildman–Crippen MR) is 96.3 cm³/mol. The summed E-state index contributed by atoms with van der Waals surface area (Å²) in [6.07, 6.45) is 0. The van der Waals surface area contributed by atoms with E-state index in [1.807, 2.05) is 0 Å². The van der Waals surface area contributed by atoms with Crippen LogP contribution < -0.4 is 0 Å². The van der Waals surface area contributed by atoms with Gasteiger partial charge in [0, 0.05) is 48.9 Å². The van der Waals surface area contributed by atoms with Crippen LogP contribution in [0.25, 0.3) is 0 Å². The smallest absolute Gasteiger partial charge is 0.270 e. The average molecular weight is 392 g/mol. The van der Waals surface area contributed by atoms with Gasteiger partial charge in [-0.1, -0.05) is 17.7 Å². The summed E-state index contributed by atoms with van der Waals surface area (Å²) >= 11 is 5.83. The highest BCUT2D eigenvalue weighted by molar-refractivity contribution is 6.31. The van der Waals surface area contributed by atoms with Gasteiger partial charge in [0.15, 0.2) is 0 Å². The van der Waals surface area contributed by atoms with E-state index in [1.54, 1.807) is 0 Å². The molecule has 9 heteroatoms. The number of carbonyl (C=O) groups is 2. The molecule has 1 aliphatic heterocycles. The van der Waals surface area contributed by atoms with Crippen LogP contribution in [0.2, 0.25) is 5.02 Å². The Balaban J connectivity index is 1.67. The first kappa shape index (κ1) is 18.8. The van der Waals surface area contributed by atoms with E-state index < -0.39 is 16.6 Å². The average Bonchev–Trinajstić information content (AvgIpc) is 2.69. The van der Waals surface area contributed by atoms with Crippen molar-refractivity contribution >= 4 is 29.1 Å². The molecule has 0 unspecified atom stereocenters. The fraction of sp³-hybridized carbons (Fsp3) is 0.222. The number of carbonyl (C=O) groups excluding carboxylic acids is 2. The van der Waals surface area contributed by atoms with Crippen LogP contribution in [0, 0.1) is 15.9 Å². The molecule has 2 aromatic rings. The molecular formula is C18H15ClFN3O4. The Bertz CT molecular complexity index is 913. The molecule has 0 N–H and O–H groups in total. The lowest BCUT2D eigenvalue weighted by atomic mass is 10.1. The number of amides is 2. The summed E-state index contributed by atoms with van der Waals surface area (Å²) in [5, 5.41) is 11.1. The topological polar surface area (TPSA) is 83.8 Å². The zero-order valence-corrected chi connectivity index (χ0v) is 14.9. The second kappa shape index (κ2) is 7.71. The van der Waals surface area contributed by atoms with Crippen LogP contribution in [-0.4, -0.2) is 52.7 Å². The van der Waals surface area contributed by atoms with Crippen molar-refractivity contribution in [1.29, 1.82) is 0 Å². The quantitative estimate of drug-likeness (QED) is 0.594. The minimum Gasteiger partial charge on any atom is -0.335 e. The molecule has 1 aliphatic rings. The minimum atomic E-state index is -0.653. The number of rotatable bonds is 3. The van der Waals surface area contributed by atoms with Crippen molar-refractivity contribution in [2.24, 2.45) is 0 Å². The fourth-order valence-corrected chi connectivity index (χ4v) is 3.05. The van der Waals surface area contributed by atoms with Crippen molar-refractivity contribution in [2.75, 3.05) is 26.2 Å². The zero-order chi connectivity index (χ0) is 19.6. The Hall–Kier alpha value is -3.00. The van der Waals surface area contributed by atoms with Gasteiger partial charge in [0.05, 0.1) is 10.5 Å². The number of halogens is 2. The van der Waals surface area contributed by atoms with Gasteiger partial charge in [-0.3, -0.25) is 19.7 Å². The molecule has 0 aliphatic carbocycles. The van der Waals surface area contributed by atoms with E-state index in [-0.39, 0.29) is 53.9 Å². The lowest BCUT2D eigenvalue weighted by molar-refractivity contribution is -0.384. The number of hydrogen-bond donors (Lipinski definition) is 0. The predicted octanol–water partition coefficient (Wildman–Crippen LogP) is 2.99. The number of nitro benzene ring substituents is 1. The number of nitro groups is 1. The second-order valence-electron chi connectivity index (χ2n) is 6.02. The van der Waals surface area contributed by atoms with E-state index in [0.29, 0.717) is 0 Å². The molecule has 27 heavy (non-hydrogen) atoms. The largest absolute Gasteiger partial charge is 0.335 e. The maximum absolute atomic E-state index is 13.9. The number of nitrogens with zero attached hydrogens (tertiary/aromatic N) is 3. The maximum Gasteiger partial charge on any atom is 0.270 e. The number of non-ortho nitro benzene ring substituents is 1. The lowest BCUT2D eigenvalue weighted by Crippen LogP contribution is -2.50. The fourth-order valence-electron chi connectivity index (χ4n) is 2.88. The molecule has 1 heterocycles. The summed E-state index contributed by atoms with van der Waals surface area (Å²) in [7, 11) is 0. The van der Waals surface area contributed by atoms with E-state index in [1.165, 1.54) is 46.2 Å². The highest BCUT2D eigenvalue weighted by Crippen LogP contribution is 2.19. The molecule has 0 radical (unpaired) electrons. The van der Waals surface area contributed by atoms with Crippen molar-refractivity contribution in [3.05, 3.63) is 74.5 Å². The van der Waals surface area contributed by atoms with Gasteiger partial charge in [0.25, 0.3) is 17.5 Å². The van der Waals surface area contributed by atoms with Crippen molar-refractivity contribution in [1.82, 2.24) is 9.80 Å². The van der Waals surface area contributed by atoms with Gasteiger partial charge in [-0.15, -0.1) is 0 Å². The second-order valence-corrected chi connectivity index (χ2v) is 6.45. The first-order valence-electron chi connectivity index (χ1n) is 8.15. The van der Waals surface area contributed by atoms with E-state index in [0.717, 1.165) is 6.07 Å². The van der Waals surface area contributed by atoms with Gasteiger partial charge in [0.1, 0.15) is 5.82 Å². The van der Waals surface area contributed by atoms with E-state index in [2.05, 4.69) is 0 Å². The van der Waals surface area contributed by atoms with Crippen molar-refractivity contribution in [2.45, 2.75) is 0 Å². The Kier molecular flexibility index (Phi) is 5.36. The number of benzene rings is 2. The molecule has 1 fully saturated rings. The van der Waals surface area contributed by atoms with Crippen LogP contribution in [0.4, 0.5) is 10.1 Å². The molecule has 1 saturated heterocycles. The number of hydrogen-bond acceptors (Lipinski definition) is 4. The number of piperazine rings is 1. The normalized spacial score (nSPS) is 14.1. The zero-order valence-electron chi connectivity index (χ0n) is 14.1. The van der Waals surface area contributed by atoms with Crippen LogP contribution in [0.3, 0.4) is 0 Å². The molecule has 2 aromatic carbocycles. The third-order valence-corrected chi connectivity index (χ3v) is 4.55. The standard InChI is InChI=1S/C18H15ClFN3O4/c19-13-4-5-16(20)15(11-13)18(25)22-8-6-21(7-9-22)17(24)12-2-1-3-14(10-12)23(26)27/h1-5,10-11H,6-9H2. The summed E-state index contributed by atoms with van der Waals surface area (Å²) in [6, 6.07) is 9.27. The highest BCUT2D eigenvalue weighted by atomic mass is 35.5. The Labute approximate surface area is 159 Å². The molecule has 0 saturated carbocycles. The van der Waals surface area contributed by atoms with Gasteiger partial charge in [0.2, 0.25) is 0 Å². The molecule has 3 rings (SSSR count). The Morgan fingerprint density at radius 3 is 2.26 bits per heavy atom. The van der Waals surface area contributed by atoms with Crippen LogP contribution >= 0.6 is 11.6 Å². The van der Waals surface area contributed by atoms with Gasteiger partial charge < -0.3 is 9.80 Å². The monoisotopic (exact) mass is 391 g/mol. The molecule has 0 aromatic heterocycles. The lowest BCUT2D eigenvalue weighted by Gasteiger charge is -2.35. The molecule has 140 valence electrons. The van der Waals surface area contributed by atoms with Crippen LogP contribution in [0.1, 0.15) is 20.7 Å². The summed E-state index contributed by atoms with van der Waals surface area (Å²) in [5.41, 5.74) is -0.0584. The van der Waals surface area contributed by atoms with Crippen molar-refractivity contribution in [3.8, 4) is 0 Å². The van der Waals surface area contributed by atoms with Gasteiger partial charge >= 0.3 is 0 Å². The van der Waals surface area contributed by atoms with Gasteiger partial charge in [-0.2, -0.15) is 0 Å². The Morgan fingerprint density at radius 1 is 1.00 bits per heavy atom. The van der Waals surface area contributed by atoms with E-state index in [4.69, 9.17) is 11.6 Å². The van der Waals surface area contributed by atoms with Crippen molar-refractivity contribution < 1.29 is 18.9 Å². The maximum atomic E-state index is 13.9. The van der Waals surface area contributed by atoms with Gasteiger partial charge in [-0.25, -0.2) is 4.39 Å². The molecule has 0 bridgehead atoms. The Morgan fingerprint density at radius 2 is 1.63 bits per heavy atom. The summed E-state index contributed by atoms with van der Waals surface area (Å²) in [4.78, 5) is 38.3. The summed E-state index contributed by atoms with van der Waals surface area (Å²) in [5.74, 6) is -1.49. The van der Waals surface area contributed by atoms with Crippen molar-refractivity contribution in [3.63, 3.8) is 0 Å². The molecule has 0 spiro atoms. The van der Waals surface area contributed by atoms with E-state index >= 15 is 0 Å². The SMILES string of the molecule is O=C(c1cccc([N+](=O)[O-])c1)N1CCN(C(=O)c2cc(Cl)ccc2F)CC1. The molecular weight excluding hydrogens is 377 g/mol.